The molecular formula is C61H70N4O12S4. The second-order valence-electron chi connectivity index (χ2n) is 19.0. The average Bonchev–Trinajstić information content (AvgIpc) is 3.43. The van der Waals surface area contributed by atoms with Gasteiger partial charge in [-0.1, -0.05) is 119 Å². The van der Waals surface area contributed by atoms with E-state index in [0.29, 0.717) is 0 Å². The van der Waals surface area contributed by atoms with Crippen LogP contribution < -0.4 is 21.3 Å². The van der Waals surface area contributed by atoms with Gasteiger partial charge in [-0.15, -0.1) is 0 Å². The molecule has 10 heterocycles. The average molecular weight is 1180 g/mol. The van der Waals surface area contributed by atoms with Crippen molar-refractivity contribution >= 4 is 63.2 Å². The maximum absolute atomic E-state index is 10.5. The molecule has 0 saturated heterocycles. The Hall–Kier alpha value is -7.40. The monoisotopic (exact) mass is 1180 g/mol. The number of rotatable bonds is 4. The minimum absolute atomic E-state index is 0.0666. The van der Waals surface area contributed by atoms with Gasteiger partial charge in [0, 0.05) is 48.9 Å². The Morgan fingerprint density at radius 2 is 0.457 bits per heavy atom. The molecule has 10 aliphatic rings. The van der Waals surface area contributed by atoms with Crippen molar-refractivity contribution in [1.82, 2.24) is 0 Å². The number of nitrogens with one attached hydrogen (secondary N) is 4. The normalized spacial score (nSPS) is 13.0. The third-order valence-electron chi connectivity index (χ3n) is 12.2. The lowest BCUT2D eigenvalue weighted by Crippen LogP contribution is -2.06. The lowest BCUT2D eigenvalue weighted by molar-refractivity contribution is 0.481. The molecule has 0 amide bonds. The van der Waals surface area contributed by atoms with Crippen LogP contribution in [0.4, 0.5) is 22.7 Å². The Morgan fingerprint density at radius 1 is 0.272 bits per heavy atom. The second kappa shape index (κ2) is 31.0. The summed E-state index contributed by atoms with van der Waals surface area (Å²) in [6.45, 7) is 11.3. The van der Waals surface area contributed by atoms with Gasteiger partial charge in [-0.3, -0.25) is 18.2 Å². The Balaban J connectivity index is 0.000000221. The Morgan fingerprint density at radius 3 is 0.642 bits per heavy atom. The molecule has 0 aromatic heterocycles. The zero-order chi connectivity index (χ0) is 59.1. The first-order chi connectivity index (χ1) is 38.3. The van der Waals surface area contributed by atoms with Gasteiger partial charge in [0.25, 0.3) is 40.5 Å². The number of benzene rings is 8. The van der Waals surface area contributed by atoms with Crippen LogP contribution in [0.25, 0.3) is 11.1 Å². The van der Waals surface area contributed by atoms with E-state index in [1.807, 2.05) is 27.7 Å². The summed E-state index contributed by atoms with van der Waals surface area (Å²) in [5.74, 6) is 0. The van der Waals surface area contributed by atoms with Gasteiger partial charge in [0.2, 0.25) is 0 Å². The molecule has 18 rings (SSSR count). The summed E-state index contributed by atoms with van der Waals surface area (Å²) < 4.78 is 118. The molecular weight excluding hydrogens is 1110 g/mol. The van der Waals surface area contributed by atoms with Gasteiger partial charge < -0.3 is 21.3 Å². The van der Waals surface area contributed by atoms with E-state index >= 15 is 0 Å². The third kappa shape index (κ3) is 24.1. The van der Waals surface area contributed by atoms with E-state index in [0.717, 1.165) is 80.5 Å². The summed E-state index contributed by atoms with van der Waals surface area (Å²) in [6.07, 6.45) is 5.49. The summed E-state index contributed by atoms with van der Waals surface area (Å²) in [7, 11) is -16.1. The van der Waals surface area contributed by atoms with Crippen molar-refractivity contribution in [3.05, 3.63) is 228 Å². The van der Waals surface area contributed by atoms with E-state index in [1.165, 1.54) is 93.5 Å². The molecule has 0 radical (unpaired) electrons. The third-order valence-corrected chi connectivity index (χ3v) is 15.7. The molecule has 0 spiro atoms. The van der Waals surface area contributed by atoms with E-state index < -0.39 is 40.5 Å². The largest absolute Gasteiger partial charge is 0.385 e. The van der Waals surface area contributed by atoms with Crippen LogP contribution in [0, 0.1) is 27.7 Å². The van der Waals surface area contributed by atoms with Crippen LogP contribution in [-0.4, -0.2) is 78.1 Å². The highest BCUT2D eigenvalue weighted by Gasteiger charge is 2.10. The Bertz CT molecular complexity index is 3260. The van der Waals surface area contributed by atoms with Crippen LogP contribution in [0.1, 0.15) is 59.1 Å². The summed E-state index contributed by atoms with van der Waals surface area (Å²) in [5, 5.41) is 14.2. The Kier molecular flexibility index (Phi) is 24.6. The van der Waals surface area contributed by atoms with E-state index in [1.54, 1.807) is 48.5 Å². The number of aryl methyl sites for hydroxylation is 4. The lowest BCUT2D eigenvalue weighted by Gasteiger charge is -2.10. The highest BCUT2D eigenvalue weighted by molar-refractivity contribution is 7.86. The fraction of sp³-hybridized carbons (Fsp3) is 0.213. The number of hydrogen-bond acceptors (Lipinski definition) is 12. The van der Waals surface area contributed by atoms with Crippen LogP contribution >= 0.6 is 0 Å². The summed E-state index contributed by atoms with van der Waals surface area (Å²) in [5.41, 5.74) is 13.7. The van der Waals surface area contributed by atoms with Crippen molar-refractivity contribution in [2.24, 2.45) is 0 Å². The molecule has 0 fully saturated rings. The summed E-state index contributed by atoms with van der Waals surface area (Å²) >= 11 is 0. The van der Waals surface area contributed by atoms with Crippen molar-refractivity contribution < 1.29 is 51.9 Å². The molecule has 8 bridgehead atoms. The number of hydrogen-bond donors (Lipinski definition) is 8. The van der Waals surface area contributed by atoms with Gasteiger partial charge in [-0.05, 0) is 179 Å². The molecule has 8 N–H and O–H groups in total. The van der Waals surface area contributed by atoms with Gasteiger partial charge in [0.1, 0.15) is 0 Å². The summed E-state index contributed by atoms with van der Waals surface area (Å²) in [6, 6.07) is 59.2. The van der Waals surface area contributed by atoms with Crippen molar-refractivity contribution in [2.75, 3.05) is 47.4 Å². The lowest BCUT2D eigenvalue weighted by atomic mass is 10.0. The molecule has 430 valence electrons. The molecule has 20 heteroatoms. The van der Waals surface area contributed by atoms with E-state index in [-0.39, 0.29) is 19.6 Å². The highest BCUT2D eigenvalue weighted by Crippen LogP contribution is 2.24. The van der Waals surface area contributed by atoms with Crippen LogP contribution in [0.5, 0.6) is 0 Å². The maximum atomic E-state index is 10.5. The zero-order valence-electron chi connectivity index (χ0n) is 45.5. The molecule has 0 saturated carbocycles. The maximum Gasteiger partial charge on any atom is 0.294 e. The van der Waals surface area contributed by atoms with Crippen molar-refractivity contribution in [1.29, 1.82) is 0 Å². The number of anilines is 4. The van der Waals surface area contributed by atoms with Crippen molar-refractivity contribution in [3.63, 3.8) is 0 Å². The minimum Gasteiger partial charge on any atom is -0.385 e. The highest BCUT2D eigenvalue weighted by atomic mass is 32.2. The van der Waals surface area contributed by atoms with Crippen LogP contribution in [0.15, 0.2) is 214 Å². The fourth-order valence-corrected chi connectivity index (χ4v) is 9.47. The van der Waals surface area contributed by atoms with Crippen molar-refractivity contribution in [3.8, 4) is 11.1 Å². The predicted octanol–water partition coefficient (Wildman–Crippen LogP) is 12.8. The first-order valence-electron chi connectivity index (χ1n) is 25.8. The topological polar surface area (TPSA) is 266 Å². The van der Waals surface area contributed by atoms with E-state index in [9.17, 15) is 33.7 Å². The smallest absolute Gasteiger partial charge is 0.294 e. The van der Waals surface area contributed by atoms with Crippen LogP contribution in [0.3, 0.4) is 0 Å². The molecule has 8 aromatic rings. The van der Waals surface area contributed by atoms with Gasteiger partial charge in [0.05, 0.1) is 19.6 Å². The van der Waals surface area contributed by atoms with E-state index in [2.05, 4.69) is 118 Å². The van der Waals surface area contributed by atoms with Crippen LogP contribution in [-0.2, 0) is 46.9 Å². The SMILES string of the molecule is Cc1ccc(S(=O)(=O)O)cc1.Cc1ccc(S(=O)(=O)O)cc1.Cc1ccc(S(=O)(=O)O)cc1.Cc1ccc(S(=O)(=O)O)cc1.c1cc2ccc1Cc1ccc(cc1)NCCCCNc1ccc(cc1)-c1ccc(cc1)NCCCCN2. The quantitative estimate of drug-likeness (QED) is 0.0761. The molecule has 10 aliphatic heterocycles. The molecule has 0 unspecified atom stereocenters. The molecule has 16 nitrogen and oxygen atoms in total. The second-order valence-corrected chi connectivity index (χ2v) is 24.7. The van der Waals surface area contributed by atoms with Gasteiger partial charge in [-0.25, -0.2) is 0 Å². The van der Waals surface area contributed by atoms with Gasteiger partial charge >= 0.3 is 0 Å². The molecule has 0 aliphatic carbocycles. The first-order valence-corrected chi connectivity index (χ1v) is 31.6. The predicted molar refractivity (Wildman–Crippen MR) is 324 cm³/mol. The fourth-order valence-electron chi connectivity index (χ4n) is 7.55. The van der Waals surface area contributed by atoms with Crippen molar-refractivity contribution in [2.45, 2.75) is 79.4 Å². The van der Waals surface area contributed by atoms with Crippen LogP contribution in [0.2, 0.25) is 0 Å². The minimum atomic E-state index is -4.02. The first kappa shape index (κ1) is 64.4. The Labute approximate surface area is 477 Å². The molecule has 0 atom stereocenters. The molecule has 81 heavy (non-hydrogen) atoms. The zero-order valence-corrected chi connectivity index (χ0v) is 48.8. The van der Waals surface area contributed by atoms with Gasteiger partial charge in [-0.2, -0.15) is 33.7 Å². The summed E-state index contributed by atoms with van der Waals surface area (Å²) in [4.78, 5) is -0.266. The standard InChI is InChI=1S/C33H38N4.4C7H8O3S/c1-3-23-36-32-17-9-28(10-18-32)29-11-19-33(20-12-29)37-24-4-2-22-35-31-15-7-27(8-16-31)25-26-5-13-30(14-6-26)34-21-1;4*1-6-2-4-7(5-3-6)11(8,9)10/h5-20,34-37H,1-4,21-25H2;4*2-5H,1H3,(H,8,9,10). The van der Waals surface area contributed by atoms with E-state index in [4.69, 9.17) is 18.2 Å². The molecule has 8 aromatic carbocycles. The van der Waals surface area contributed by atoms with Gasteiger partial charge in [0.15, 0.2) is 0 Å².